The van der Waals surface area contributed by atoms with E-state index in [2.05, 4.69) is 0 Å². The van der Waals surface area contributed by atoms with Gasteiger partial charge in [-0.1, -0.05) is 26.7 Å². The molecule has 7 nitrogen and oxygen atoms in total. The smallest absolute Gasteiger partial charge is 0.325 e. The largest absolute Gasteiger partial charge is 0.506 e. The SMILES string of the molecule is CCCCOC(=O)CN(CC(=O)OCCCC)c1ccc(OC)cc1O. The molecular weight excluding hydrogens is 338 g/mol. The summed E-state index contributed by atoms with van der Waals surface area (Å²) >= 11 is 0. The van der Waals surface area contributed by atoms with Gasteiger partial charge in [-0.3, -0.25) is 9.59 Å². The summed E-state index contributed by atoms with van der Waals surface area (Å²) < 4.78 is 15.4. The number of phenolic OH excluding ortho intramolecular Hbond substituents is 1. The molecule has 0 aromatic heterocycles. The van der Waals surface area contributed by atoms with E-state index in [1.165, 1.54) is 18.1 Å². The van der Waals surface area contributed by atoms with Crippen LogP contribution in [0.2, 0.25) is 0 Å². The fourth-order valence-corrected chi connectivity index (χ4v) is 2.19. The molecule has 1 rings (SSSR count). The summed E-state index contributed by atoms with van der Waals surface area (Å²) in [4.78, 5) is 25.6. The second-order valence-corrected chi connectivity index (χ2v) is 5.86. The number of phenols is 1. The predicted molar refractivity (Wildman–Crippen MR) is 98.6 cm³/mol. The standard InChI is InChI=1S/C19H29NO6/c1-4-6-10-25-18(22)13-20(14-19(23)26-11-7-5-2)16-9-8-15(24-3)12-17(16)21/h8-9,12,21H,4-7,10-11,13-14H2,1-3H3. The normalized spacial score (nSPS) is 10.3. The van der Waals surface area contributed by atoms with E-state index in [0.717, 1.165) is 25.7 Å². The third-order valence-corrected chi connectivity index (χ3v) is 3.69. The molecule has 7 heteroatoms. The minimum Gasteiger partial charge on any atom is -0.506 e. The number of aromatic hydroxyl groups is 1. The number of ether oxygens (including phenoxy) is 3. The Labute approximate surface area is 154 Å². The Morgan fingerprint density at radius 1 is 1.00 bits per heavy atom. The quantitative estimate of drug-likeness (QED) is 0.449. The van der Waals surface area contributed by atoms with Gasteiger partial charge in [-0.25, -0.2) is 0 Å². The second-order valence-electron chi connectivity index (χ2n) is 5.86. The lowest BCUT2D eigenvalue weighted by Crippen LogP contribution is -2.36. The number of rotatable bonds is 12. The van der Waals surface area contributed by atoms with Crippen molar-refractivity contribution in [1.82, 2.24) is 0 Å². The van der Waals surface area contributed by atoms with Gasteiger partial charge in [0.15, 0.2) is 0 Å². The van der Waals surface area contributed by atoms with Crippen LogP contribution < -0.4 is 9.64 Å². The highest BCUT2D eigenvalue weighted by Crippen LogP contribution is 2.31. The summed E-state index contributed by atoms with van der Waals surface area (Å²) in [5, 5.41) is 10.2. The Kier molecular flexibility index (Phi) is 9.97. The molecule has 0 atom stereocenters. The number of carbonyl (C=O) groups is 2. The fraction of sp³-hybridized carbons (Fsp3) is 0.579. The fourth-order valence-electron chi connectivity index (χ4n) is 2.19. The van der Waals surface area contributed by atoms with E-state index < -0.39 is 11.9 Å². The number of unbranched alkanes of at least 4 members (excludes halogenated alkanes) is 2. The van der Waals surface area contributed by atoms with Crippen molar-refractivity contribution in [1.29, 1.82) is 0 Å². The highest BCUT2D eigenvalue weighted by molar-refractivity contribution is 5.82. The summed E-state index contributed by atoms with van der Waals surface area (Å²) in [6.07, 6.45) is 3.39. The van der Waals surface area contributed by atoms with Gasteiger partial charge in [-0.15, -0.1) is 0 Å². The van der Waals surface area contributed by atoms with Crippen LogP contribution in [0.4, 0.5) is 5.69 Å². The molecule has 1 N–H and O–H groups in total. The average molecular weight is 367 g/mol. The van der Waals surface area contributed by atoms with Crippen LogP contribution in [0.3, 0.4) is 0 Å². The Morgan fingerprint density at radius 2 is 1.54 bits per heavy atom. The van der Waals surface area contributed by atoms with Crippen molar-refractivity contribution in [3.63, 3.8) is 0 Å². The molecule has 0 radical (unpaired) electrons. The molecule has 146 valence electrons. The van der Waals surface area contributed by atoms with E-state index in [9.17, 15) is 14.7 Å². The maximum Gasteiger partial charge on any atom is 0.325 e. The Hall–Kier alpha value is -2.44. The number of carbonyl (C=O) groups excluding carboxylic acids is 2. The molecule has 0 fully saturated rings. The van der Waals surface area contributed by atoms with Crippen molar-refractivity contribution in [2.24, 2.45) is 0 Å². The summed E-state index contributed by atoms with van der Waals surface area (Å²) in [5.41, 5.74) is 0.339. The topological polar surface area (TPSA) is 85.3 Å². The zero-order chi connectivity index (χ0) is 19.4. The molecule has 0 saturated heterocycles. The van der Waals surface area contributed by atoms with E-state index in [4.69, 9.17) is 14.2 Å². The third kappa shape index (κ3) is 7.63. The summed E-state index contributed by atoms with van der Waals surface area (Å²) in [5.74, 6) is -0.542. The molecule has 1 aromatic rings. The first-order chi connectivity index (χ1) is 12.5. The van der Waals surface area contributed by atoms with Crippen LogP contribution in [0.25, 0.3) is 0 Å². The molecule has 0 aliphatic rings. The zero-order valence-electron chi connectivity index (χ0n) is 15.8. The van der Waals surface area contributed by atoms with Gasteiger partial charge in [0.25, 0.3) is 0 Å². The van der Waals surface area contributed by atoms with Crippen LogP contribution in [-0.2, 0) is 19.1 Å². The predicted octanol–water partition coefficient (Wildman–Crippen LogP) is 2.89. The zero-order valence-corrected chi connectivity index (χ0v) is 15.8. The molecule has 26 heavy (non-hydrogen) atoms. The van der Waals surface area contributed by atoms with Gasteiger partial charge in [0.2, 0.25) is 0 Å². The van der Waals surface area contributed by atoms with Gasteiger partial charge in [0.05, 0.1) is 26.0 Å². The van der Waals surface area contributed by atoms with Gasteiger partial charge < -0.3 is 24.2 Å². The Bertz CT molecular complexity index is 551. The number of hydrogen-bond donors (Lipinski definition) is 1. The average Bonchev–Trinajstić information content (AvgIpc) is 2.61. The van der Waals surface area contributed by atoms with Gasteiger partial charge in [0, 0.05) is 6.07 Å². The highest BCUT2D eigenvalue weighted by atomic mass is 16.5. The number of benzene rings is 1. The maximum absolute atomic E-state index is 12.1. The van der Waals surface area contributed by atoms with E-state index in [-0.39, 0.29) is 18.8 Å². The van der Waals surface area contributed by atoms with E-state index in [1.54, 1.807) is 12.1 Å². The van der Waals surface area contributed by atoms with Crippen molar-refractivity contribution < 1.29 is 28.9 Å². The molecule has 1 aromatic carbocycles. The molecule has 0 unspecified atom stereocenters. The van der Waals surface area contributed by atoms with Crippen molar-refractivity contribution in [2.75, 3.05) is 38.3 Å². The number of methoxy groups -OCH3 is 1. The van der Waals surface area contributed by atoms with E-state index >= 15 is 0 Å². The van der Waals surface area contributed by atoms with Crippen molar-refractivity contribution >= 4 is 17.6 Å². The lowest BCUT2D eigenvalue weighted by atomic mass is 10.2. The van der Waals surface area contributed by atoms with Crippen LogP contribution >= 0.6 is 0 Å². The molecule has 0 aliphatic heterocycles. The summed E-state index contributed by atoms with van der Waals surface area (Å²) in [6.45, 7) is 4.35. The Balaban J connectivity index is 2.83. The van der Waals surface area contributed by atoms with Crippen LogP contribution in [-0.4, -0.2) is 50.5 Å². The van der Waals surface area contributed by atoms with Crippen LogP contribution in [0.5, 0.6) is 11.5 Å². The first-order valence-electron chi connectivity index (χ1n) is 8.95. The summed E-state index contributed by atoms with van der Waals surface area (Å²) in [6, 6.07) is 4.66. The maximum atomic E-state index is 12.1. The van der Waals surface area contributed by atoms with Gasteiger partial charge in [0.1, 0.15) is 24.6 Å². The monoisotopic (exact) mass is 367 g/mol. The van der Waals surface area contributed by atoms with Crippen molar-refractivity contribution in [3.05, 3.63) is 18.2 Å². The van der Waals surface area contributed by atoms with Crippen molar-refractivity contribution in [2.45, 2.75) is 39.5 Å². The lowest BCUT2D eigenvalue weighted by molar-refractivity contribution is -0.143. The molecule has 0 amide bonds. The van der Waals surface area contributed by atoms with Gasteiger partial charge >= 0.3 is 11.9 Å². The minimum absolute atomic E-state index is 0.0907. The number of anilines is 1. The minimum atomic E-state index is -0.463. The second kappa shape index (κ2) is 12.0. The molecule has 0 bridgehead atoms. The number of esters is 2. The van der Waals surface area contributed by atoms with E-state index in [0.29, 0.717) is 24.7 Å². The van der Waals surface area contributed by atoms with Crippen LogP contribution in [0.15, 0.2) is 18.2 Å². The van der Waals surface area contributed by atoms with Crippen molar-refractivity contribution in [3.8, 4) is 11.5 Å². The van der Waals surface area contributed by atoms with E-state index in [1.807, 2.05) is 13.8 Å². The number of hydrogen-bond acceptors (Lipinski definition) is 7. The summed E-state index contributed by atoms with van der Waals surface area (Å²) in [7, 11) is 1.49. The molecule has 0 spiro atoms. The van der Waals surface area contributed by atoms with Crippen LogP contribution in [0.1, 0.15) is 39.5 Å². The molecule has 0 saturated carbocycles. The van der Waals surface area contributed by atoms with Crippen LogP contribution in [0, 0.1) is 0 Å². The van der Waals surface area contributed by atoms with Gasteiger partial charge in [-0.2, -0.15) is 0 Å². The van der Waals surface area contributed by atoms with Gasteiger partial charge in [-0.05, 0) is 25.0 Å². The molecule has 0 aliphatic carbocycles. The highest BCUT2D eigenvalue weighted by Gasteiger charge is 2.20. The Morgan fingerprint density at radius 3 is 1.96 bits per heavy atom. The lowest BCUT2D eigenvalue weighted by Gasteiger charge is -2.24. The first-order valence-corrected chi connectivity index (χ1v) is 8.95. The first kappa shape index (κ1) is 21.6. The third-order valence-electron chi connectivity index (χ3n) is 3.69. The molecule has 0 heterocycles. The molecular formula is C19H29NO6. The number of nitrogens with zero attached hydrogens (tertiary/aromatic N) is 1.